The molecule has 0 radical (unpaired) electrons. The lowest BCUT2D eigenvalue weighted by atomic mass is 9.89. The summed E-state index contributed by atoms with van der Waals surface area (Å²) >= 11 is 0. The van der Waals surface area contributed by atoms with Gasteiger partial charge in [-0.05, 0) is 73.2 Å². The SMILES string of the molecule is Cc1ccc(NC(=O)C2=Cc3cc(-c4ccc(C)cc4)ccc3CC2)cc1.OCCNCCO. The number of fused-ring (bicyclic) bond motifs is 1. The molecule has 0 spiro atoms. The minimum atomic E-state index is -0.00904. The van der Waals surface area contributed by atoms with Crippen LogP contribution in [0.5, 0.6) is 0 Å². The number of aliphatic hydroxyl groups excluding tert-OH is 2. The molecule has 0 unspecified atom stereocenters. The highest BCUT2D eigenvalue weighted by Gasteiger charge is 2.17. The first-order chi connectivity index (χ1) is 16.5. The van der Waals surface area contributed by atoms with E-state index < -0.39 is 0 Å². The maximum atomic E-state index is 12.7. The number of aryl methyl sites for hydroxylation is 3. The van der Waals surface area contributed by atoms with Gasteiger partial charge in [0, 0.05) is 24.4 Å². The van der Waals surface area contributed by atoms with Crippen LogP contribution in [0.1, 0.15) is 28.7 Å². The molecule has 3 aromatic carbocycles. The highest BCUT2D eigenvalue weighted by Crippen LogP contribution is 2.29. The van der Waals surface area contributed by atoms with E-state index in [1.54, 1.807) is 0 Å². The molecule has 0 atom stereocenters. The van der Waals surface area contributed by atoms with E-state index in [0.29, 0.717) is 13.1 Å². The summed E-state index contributed by atoms with van der Waals surface area (Å²) in [6.07, 6.45) is 3.71. The Bertz CT molecular complexity index is 1100. The number of hydrogen-bond donors (Lipinski definition) is 4. The maximum absolute atomic E-state index is 12.7. The summed E-state index contributed by atoms with van der Waals surface area (Å²) < 4.78 is 0. The van der Waals surface area contributed by atoms with Gasteiger partial charge in [0.1, 0.15) is 0 Å². The number of anilines is 1. The van der Waals surface area contributed by atoms with Gasteiger partial charge in [-0.15, -0.1) is 0 Å². The Balaban J connectivity index is 0.000000406. The molecule has 0 aromatic heterocycles. The summed E-state index contributed by atoms with van der Waals surface area (Å²) in [7, 11) is 0. The number of carbonyl (C=O) groups is 1. The number of rotatable bonds is 7. The van der Waals surface area contributed by atoms with Crippen molar-refractivity contribution in [2.24, 2.45) is 0 Å². The van der Waals surface area contributed by atoms with Gasteiger partial charge in [0.25, 0.3) is 5.91 Å². The molecule has 0 heterocycles. The van der Waals surface area contributed by atoms with Crippen LogP contribution in [-0.2, 0) is 11.2 Å². The average Bonchev–Trinajstić information content (AvgIpc) is 2.86. The van der Waals surface area contributed by atoms with Gasteiger partial charge in [-0.25, -0.2) is 0 Å². The topological polar surface area (TPSA) is 81.6 Å². The quantitative estimate of drug-likeness (QED) is 0.393. The molecular weight excluding hydrogens is 424 g/mol. The molecule has 0 aliphatic heterocycles. The number of nitrogens with one attached hydrogen (secondary N) is 2. The highest BCUT2D eigenvalue weighted by molar-refractivity contribution is 6.07. The highest BCUT2D eigenvalue weighted by atomic mass is 16.3. The van der Waals surface area contributed by atoms with Gasteiger partial charge in [-0.3, -0.25) is 4.79 Å². The Morgan fingerprint density at radius 3 is 2.00 bits per heavy atom. The van der Waals surface area contributed by atoms with Crippen molar-refractivity contribution in [3.05, 3.63) is 94.6 Å². The Labute approximate surface area is 202 Å². The monoisotopic (exact) mass is 458 g/mol. The predicted molar refractivity (Wildman–Crippen MR) is 140 cm³/mol. The zero-order chi connectivity index (χ0) is 24.3. The van der Waals surface area contributed by atoms with Crippen LogP contribution >= 0.6 is 0 Å². The summed E-state index contributed by atoms with van der Waals surface area (Å²) in [5.74, 6) is -0.00904. The van der Waals surface area contributed by atoms with Crippen LogP contribution < -0.4 is 10.6 Å². The second-order valence-corrected chi connectivity index (χ2v) is 8.47. The van der Waals surface area contributed by atoms with Crippen LogP contribution in [0.4, 0.5) is 5.69 Å². The van der Waals surface area contributed by atoms with Gasteiger partial charge in [-0.2, -0.15) is 0 Å². The number of amides is 1. The van der Waals surface area contributed by atoms with Crippen molar-refractivity contribution in [3.63, 3.8) is 0 Å². The van der Waals surface area contributed by atoms with Crippen LogP contribution in [0, 0.1) is 13.8 Å². The van der Waals surface area contributed by atoms with E-state index in [0.717, 1.165) is 29.7 Å². The Morgan fingerprint density at radius 2 is 1.38 bits per heavy atom. The van der Waals surface area contributed by atoms with Crippen LogP contribution in [-0.4, -0.2) is 42.4 Å². The zero-order valence-corrected chi connectivity index (χ0v) is 20.0. The molecule has 5 nitrogen and oxygen atoms in total. The van der Waals surface area contributed by atoms with Gasteiger partial charge in [0.15, 0.2) is 0 Å². The molecule has 1 aliphatic carbocycles. The van der Waals surface area contributed by atoms with E-state index in [1.165, 1.54) is 27.8 Å². The predicted octanol–water partition coefficient (Wildman–Crippen LogP) is 4.50. The van der Waals surface area contributed by atoms with Crippen molar-refractivity contribution in [1.82, 2.24) is 5.32 Å². The largest absolute Gasteiger partial charge is 0.395 e. The van der Waals surface area contributed by atoms with Crippen molar-refractivity contribution < 1.29 is 15.0 Å². The van der Waals surface area contributed by atoms with Gasteiger partial charge in [0.2, 0.25) is 0 Å². The number of hydrogen-bond acceptors (Lipinski definition) is 4. The molecule has 4 rings (SSSR count). The summed E-state index contributed by atoms with van der Waals surface area (Å²) in [5.41, 5.74) is 8.95. The second kappa shape index (κ2) is 12.8. The molecule has 4 N–H and O–H groups in total. The average molecular weight is 459 g/mol. The van der Waals surface area contributed by atoms with E-state index >= 15 is 0 Å². The third-order valence-corrected chi connectivity index (χ3v) is 5.70. The summed E-state index contributed by atoms with van der Waals surface area (Å²) in [6.45, 7) is 5.55. The molecule has 1 aliphatic rings. The molecule has 178 valence electrons. The molecule has 0 saturated carbocycles. The first-order valence-corrected chi connectivity index (χ1v) is 11.7. The second-order valence-electron chi connectivity index (χ2n) is 8.47. The van der Waals surface area contributed by atoms with Crippen LogP contribution in [0.25, 0.3) is 17.2 Å². The van der Waals surface area contributed by atoms with Crippen LogP contribution in [0.2, 0.25) is 0 Å². The fourth-order valence-corrected chi connectivity index (χ4v) is 3.72. The van der Waals surface area contributed by atoms with E-state index in [9.17, 15) is 4.79 Å². The van der Waals surface area contributed by atoms with Crippen molar-refractivity contribution in [1.29, 1.82) is 0 Å². The van der Waals surface area contributed by atoms with Gasteiger partial charge in [0.05, 0.1) is 13.2 Å². The smallest absolute Gasteiger partial charge is 0.251 e. The molecule has 0 saturated heterocycles. The number of aliphatic hydroxyl groups is 2. The van der Waals surface area contributed by atoms with Gasteiger partial charge in [-0.1, -0.05) is 59.7 Å². The lowest BCUT2D eigenvalue weighted by Gasteiger charge is -2.17. The standard InChI is InChI=1S/C25H23NO.C4H11NO2/c1-17-3-7-19(8-4-17)21-11-9-20-10-12-22(16-23(20)15-21)25(27)26-24-13-5-18(2)6-14-24;6-3-1-5-2-4-7/h3-9,11,13-16H,10,12H2,1-2H3,(H,26,27);5-7H,1-4H2. The lowest BCUT2D eigenvalue weighted by molar-refractivity contribution is -0.112. The van der Waals surface area contributed by atoms with Crippen molar-refractivity contribution in [2.45, 2.75) is 26.7 Å². The van der Waals surface area contributed by atoms with Crippen LogP contribution in [0.3, 0.4) is 0 Å². The number of benzene rings is 3. The fraction of sp³-hybridized carbons (Fsp3) is 0.276. The lowest BCUT2D eigenvalue weighted by Crippen LogP contribution is -2.21. The van der Waals surface area contributed by atoms with E-state index in [2.05, 4.69) is 60.0 Å². The molecule has 3 aromatic rings. The Morgan fingerprint density at radius 1 is 0.794 bits per heavy atom. The summed E-state index contributed by atoms with van der Waals surface area (Å²) in [4.78, 5) is 12.7. The molecule has 1 amide bonds. The Hall–Kier alpha value is -3.25. The Kier molecular flexibility index (Phi) is 9.59. The normalized spacial score (nSPS) is 12.2. The van der Waals surface area contributed by atoms with Crippen molar-refractivity contribution >= 4 is 17.7 Å². The van der Waals surface area contributed by atoms with E-state index in [-0.39, 0.29) is 19.1 Å². The van der Waals surface area contributed by atoms with Crippen LogP contribution in [0.15, 0.2) is 72.3 Å². The molecule has 0 bridgehead atoms. The molecule has 0 fully saturated rings. The molecular formula is C29H34N2O3. The summed E-state index contributed by atoms with van der Waals surface area (Å²) in [5, 5.41) is 22.1. The minimum Gasteiger partial charge on any atom is -0.395 e. The van der Waals surface area contributed by atoms with Crippen molar-refractivity contribution in [3.8, 4) is 11.1 Å². The zero-order valence-electron chi connectivity index (χ0n) is 20.0. The van der Waals surface area contributed by atoms with Gasteiger partial charge >= 0.3 is 0 Å². The van der Waals surface area contributed by atoms with E-state index in [4.69, 9.17) is 10.2 Å². The van der Waals surface area contributed by atoms with Crippen molar-refractivity contribution in [2.75, 3.05) is 31.6 Å². The molecule has 34 heavy (non-hydrogen) atoms. The maximum Gasteiger partial charge on any atom is 0.251 e. The fourth-order valence-electron chi connectivity index (χ4n) is 3.72. The number of carbonyl (C=O) groups excluding carboxylic acids is 1. The first-order valence-electron chi connectivity index (χ1n) is 11.7. The first kappa shape index (κ1) is 25.4. The molecule has 5 heteroatoms. The third kappa shape index (κ3) is 7.39. The minimum absolute atomic E-state index is 0.00904. The van der Waals surface area contributed by atoms with E-state index in [1.807, 2.05) is 37.3 Å². The third-order valence-electron chi connectivity index (χ3n) is 5.70. The van der Waals surface area contributed by atoms with Gasteiger partial charge < -0.3 is 20.8 Å². The summed E-state index contributed by atoms with van der Waals surface area (Å²) in [6, 6.07) is 23.0.